The zero-order valence-corrected chi connectivity index (χ0v) is 8.84. The molecule has 0 unspecified atom stereocenters. The van der Waals surface area contributed by atoms with Gasteiger partial charge in [0.2, 0.25) is 5.91 Å². The molecule has 0 fully saturated rings. The highest BCUT2D eigenvalue weighted by atomic mass is 16.1. The predicted octanol–water partition coefficient (Wildman–Crippen LogP) is -0.0790. The predicted molar refractivity (Wildman–Crippen MR) is 54.2 cm³/mol. The summed E-state index contributed by atoms with van der Waals surface area (Å²) < 4.78 is 0. The lowest BCUT2D eigenvalue weighted by atomic mass is 9.91. The van der Waals surface area contributed by atoms with Crippen LogP contribution in [0.1, 0.15) is 26.7 Å². The van der Waals surface area contributed by atoms with Crippen molar-refractivity contribution in [3.63, 3.8) is 0 Å². The number of rotatable bonds is 6. The number of carbonyl (C=O) groups excluding carboxylic acids is 1. The Hall–Kier alpha value is -0.610. The van der Waals surface area contributed by atoms with E-state index >= 15 is 0 Å². The highest BCUT2D eigenvalue weighted by Gasteiger charge is 2.29. The minimum absolute atomic E-state index is 0.0744. The molecule has 4 N–H and O–H groups in total. The first kappa shape index (κ1) is 12.4. The number of nitrogens with two attached hydrogens (primary N) is 2. The summed E-state index contributed by atoms with van der Waals surface area (Å²) in [5.41, 5.74) is 10.8. The van der Waals surface area contributed by atoms with Gasteiger partial charge in [-0.1, -0.05) is 13.8 Å². The van der Waals surface area contributed by atoms with Crippen molar-refractivity contribution in [3.8, 4) is 0 Å². The van der Waals surface area contributed by atoms with Crippen LogP contribution in [0.15, 0.2) is 0 Å². The Kier molecular flexibility index (Phi) is 4.95. The minimum atomic E-state index is -0.303. The lowest BCUT2D eigenvalue weighted by Gasteiger charge is -2.39. The molecule has 0 aromatic carbocycles. The fraction of sp³-hybridized carbons (Fsp3) is 0.889. The second kappa shape index (κ2) is 5.19. The van der Waals surface area contributed by atoms with E-state index in [1.807, 2.05) is 11.9 Å². The smallest absolute Gasteiger partial charge is 0.231 e. The van der Waals surface area contributed by atoms with Crippen molar-refractivity contribution in [1.82, 2.24) is 4.90 Å². The van der Waals surface area contributed by atoms with Crippen molar-refractivity contribution in [1.29, 1.82) is 0 Å². The Bertz CT molecular complexity index is 158. The van der Waals surface area contributed by atoms with Gasteiger partial charge in [0.25, 0.3) is 0 Å². The van der Waals surface area contributed by atoms with E-state index in [-0.39, 0.29) is 18.0 Å². The van der Waals surface area contributed by atoms with Crippen LogP contribution in [0.5, 0.6) is 0 Å². The first-order chi connectivity index (χ1) is 6.02. The van der Waals surface area contributed by atoms with Gasteiger partial charge in [0.05, 0.1) is 6.54 Å². The van der Waals surface area contributed by atoms with E-state index in [9.17, 15) is 4.79 Å². The van der Waals surface area contributed by atoms with Crippen LogP contribution in [0, 0.1) is 0 Å². The fourth-order valence-electron chi connectivity index (χ4n) is 1.64. The zero-order chi connectivity index (χ0) is 10.5. The second-order valence-electron chi connectivity index (χ2n) is 3.46. The molecule has 0 saturated heterocycles. The number of primary amides is 1. The number of hydrogen-bond donors (Lipinski definition) is 2. The average Bonchev–Trinajstić information content (AvgIpc) is 2.07. The summed E-state index contributed by atoms with van der Waals surface area (Å²) in [6.07, 6.45) is 1.87. The Morgan fingerprint density at radius 3 is 2.08 bits per heavy atom. The van der Waals surface area contributed by atoms with E-state index in [1.54, 1.807) is 0 Å². The molecule has 0 spiro atoms. The van der Waals surface area contributed by atoms with E-state index in [2.05, 4.69) is 13.8 Å². The molecular formula is C9H21N3O. The van der Waals surface area contributed by atoms with Crippen LogP contribution in [0.2, 0.25) is 0 Å². The summed E-state index contributed by atoms with van der Waals surface area (Å²) in [6.45, 7) is 4.99. The van der Waals surface area contributed by atoms with Gasteiger partial charge < -0.3 is 11.5 Å². The van der Waals surface area contributed by atoms with Crippen LogP contribution in [0.4, 0.5) is 0 Å². The number of likely N-dealkylation sites (N-methyl/N-ethyl adjacent to an activating group) is 1. The molecule has 13 heavy (non-hydrogen) atoms. The van der Waals surface area contributed by atoms with E-state index in [0.29, 0.717) is 6.54 Å². The molecule has 0 aromatic heterocycles. The van der Waals surface area contributed by atoms with Gasteiger partial charge in [-0.3, -0.25) is 9.69 Å². The molecule has 0 bridgehead atoms. The van der Waals surface area contributed by atoms with Gasteiger partial charge in [0.15, 0.2) is 0 Å². The van der Waals surface area contributed by atoms with Gasteiger partial charge >= 0.3 is 0 Å². The van der Waals surface area contributed by atoms with Gasteiger partial charge in [-0.2, -0.15) is 0 Å². The van der Waals surface area contributed by atoms with Crippen LogP contribution in [0.3, 0.4) is 0 Å². The molecule has 0 atom stereocenters. The zero-order valence-electron chi connectivity index (χ0n) is 8.84. The molecule has 0 rings (SSSR count). The molecule has 4 nitrogen and oxygen atoms in total. The SMILES string of the molecule is CCC(CC)(CN)N(C)CC(N)=O. The number of hydrogen-bond acceptors (Lipinski definition) is 3. The summed E-state index contributed by atoms with van der Waals surface area (Å²) in [5, 5.41) is 0. The highest BCUT2D eigenvalue weighted by Crippen LogP contribution is 2.20. The first-order valence-electron chi connectivity index (χ1n) is 4.72. The molecule has 0 aromatic rings. The summed E-state index contributed by atoms with van der Waals surface area (Å²) >= 11 is 0. The molecule has 1 amide bonds. The van der Waals surface area contributed by atoms with Crippen LogP contribution in [-0.4, -0.2) is 36.5 Å². The minimum Gasteiger partial charge on any atom is -0.369 e. The van der Waals surface area contributed by atoms with E-state index < -0.39 is 0 Å². The van der Waals surface area contributed by atoms with Gasteiger partial charge in [0, 0.05) is 12.1 Å². The van der Waals surface area contributed by atoms with Gasteiger partial charge in [-0.05, 0) is 19.9 Å². The summed E-state index contributed by atoms with van der Waals surface area (Å²) in [4.78, 5) is 12.7. The highest BCUT2D eigenvalue weighted by molar-refractivity contribution is 5.76. The van der Waals surface area contributed by atoms with Crippen LogP contribution < -0.4 is 11.5 Å². The monoisotopic (exact) mass is 187 g/mol. The van der Waals surface area contributed by atoms with Crippen molar-refractivity contribution in [3.05, 3.63) is 0 Å². The van der Waals surface area contributed by atoms with Crippen molar-refractivity contribution >= 4 is 5.91 Å². The van der Waals surface area contributed by atoms with E-state index in [4.69, 9.17) is 11.5 Å². The van der Waals surface area contributed by atoms with Gasteiger partial charge in [-0.25, -0.2) is 0 Å². The third kappa shape index (κ3) is 2.97. The fourth-order valence-corrected chi connectivity index (χ4v) is 1.64. The molecule has 0 aliphatic heterocycles. The normalized spacial score (nSPS) is 12.1. The van der Waals surface area contributed by atoms with Crippen molar-refractivity contribution in [2.24, 2.45) is 11.5 Å². The number of amides is 1. The molecule has 4 heteroatoms. The first-order valence-corrected chi connectivity index (χ1v) is 4.72. The molecule has 0 aliphatic carbocycles. The molecule has 0 radical (unpaired) electrons. The second-order valence-corrected chi connectivity index (χ2v) is 3.46. The Labute approximate surface area is 80.3 Å². The Balaban J connectivity index is 4.43. The summed E-state index contributed by atoms with van der Waals surface area (Å²) in [6, 6.07) is 0. The van der Waals surface area contributed by atoms with Crippen LogP contribution >= 0.6 is 0 Å². The van der Waals surface area contributed by atoms with Crippen molar-refractivity contribution in [2.45, 2.75) is 32.2 Å². The molecule has 0 saturated carbocycles. The summed E-state index contributed by atoms with van der Waals surface area (Å²) in [5.74, 6) is -0.303. The number of carbonyl (C=O) groups is 1. The lowest BCUT2D eigenvalue weighted by Crippen LogP contribution is -2.53. The van der Waals surface area contributed by atoms with Gasteiger partial charge in [-0.15, -0.1) is 0 Å². The van der Waals surface area contributed by atoms with Crippen molar-refractivity contribution < 1.29 is 4.79 Å². The third-order valence-corrected chi connectivity index (χ3v) is 2.90. The lowest BCUT2D eigenvalue weighted by molar-refractivity contribution is -0.120. The molecule has 0 aliphatic rings. The molecule has 0 heterocycles. The Morgan fingerprint density at radius 1 is 1.38 bits per heavy atom. The standard InChI is InChI=1S/C9H21N3O/c1-4-9(5-2,7-10)12(3)6-8(11)13/h4-7,10H2,1-3H3,(H2,11,13). The average molecular weight is 187 g/mol. The van der Waals surface area contributed by atoms with E-state index in [1.165, 1.54) is 0 Å². The third-order valence-electron chi connectivity index (χ3n) is 2.90. The molecular weight excluding hydrogens is 166 g/mol. The van der Waals surface area contributed by atoms with Crippen molar-refractivity contribution in [2.75, 3.05) is 20.1 Å². The maximum Gasteiger partial charge on any atom is 0.231 e. The van der Waals surface area contributed by atoms with Gasteiger partial charge in [0.1, 0.15) is 0 Å². The van der Waals surface area contributed by atoms with E-state index in [0.717, 1.165) is 12.8 Å². The maximum absolute atomic E-state index is 10.7. The number of nitrogens with zero attached hydrogens (tertiary/aromatic N) is 1. The van der Waals surface area contributed by atoms with Crippen LogP contribution in [-0.2, 0) is 4.79 Å². The van der Waals surface area contributed by atoms with Crippen LogP contribution in [0.25, 0.3) is 0 Å². The Morgan fingerprint density at radius 2 is 1.85 bits per heavy atom. The summed E-state index contributed by atoms with van der Waals surface area (Å²) in [7, 11) is 1.89. The maximum atomic E-state index is 10.7. The largest absolute Gasteiger partial charge is 0.369 e. The topological polar surface area (TPSA) is 72.3 Å². The molecule has 78 valence electrons. The quantitative estimate of drug-likeness (QED) is 0.611.